The van der Waals surface area contributed by atoms with E-state index < -0.39 is 0 Å². The molecule has 5 heteroatoms. The molecule has 4 nitrogen and oxygen atoms in total. The van der Waals surface area contributed by atoms with Gasteiger partial charge in [0.2, 0.25) is 0 Å². The second-order valence-electron chi connectivity index (χ2n) is 2.53. The lowest BCUT2D eigenvalue weighted by Gasteiger charge is -2.01. The lowest BCUT2D eigenvalue weighted by atomic mass is 10.2. The first-order valence-electron chi connectivity index (χ1n) is 4.35. The van der Waals surface area contributed by atoms with Crippen molar-refractivity contribution in [1.29, 1.82) is 0 Å². The summed E-state index contributed by atoms with van der Waals surface area (Å²) in [4.78, 5) is 11.1. The lowest BCUT2D eigenvalue weighted by molar-refractivity contribution is 0.0526. The monoisotopic (exact) mass is 229 g/mol. The molecule has 15 heavy (non-hydrogen) atoms. The van der Waals surface area contributed by atoms with Gasteiger partial charge in [-0.05, 0) is 37.2 Å². The van der Waals surface area contributed by atoms with Gasteiger partial charge in [0.25, 0.3) is 0 Å². The molecular weight excluding hydrogens is 214 g/mol. The summed E-state index contributed by atoms with van der Waals surface area (Å²) in [7, 11) is 0. The van der Waals surface area contributed by atoms with Crippen molar-refractivity contribution in [3.63, 3.8) is 0 Å². The molecule has 0 atom stereocenters. The molecular formula is C10H15NO3S. The van der Waals surface area contributed by atoms with Crippen LogP contribution >= 0.6 is 12.0 Å². The topological polar surface area (TPSA) is 72.5 Å². The van der Waals surface area contributed by atoms with Crippen LogP contribution in [0.1, 0.15) is 17.3 Å². The number of benzene rings is 1. The van der Waals surface area contributed by atoms with E-state index in [9.17, 15) is 4.79 Å². The normalized spacial score (nSPS) is 8.73. The van der Waals surface area contributed by atoms with E-state index in [0.717, 1.165) is 12.0 Å². The highest BCUT2D eigenvalue weighted by Crippen LogP contribution is 2.07. The molecule has 0 spiro atoms. The van der Waals surface area contributed by atoms with Crippen LogP contribution in [0.3, 0.4) is 0 Å². The molecule has 0 radical (unpaired) electrons. The van der Waals surface area contributed by atoms with E-state index in [-0.39, 0.29) is 5.97 Å². The van der Waals surface area contributed by atoms with Crippen molar-refractivity contribution in [2.45, 2.75) is 6.92 Å². The minimum atomic E-state index is -0.329. The maximum atomic E-state index is 11.1. The van der Waals surface area contributed by atoms with E-state index in [1.54, 1.807) is 37.4 Å². The number of hydrogen-bond acceptors (Lipinski definition) is 5. The quantitative estimate of drug-likeness (QED) is 0.462. The number of esters is 1. The van der Waals surface area contributed by atoms with Gasteiger partial charge in [0.05, 0.1) is 12.2 Å². The molecule has 0 amide bonds. The van der Waals surface area contributed by atoms with Crippen LogP contribution in [0.5, 0.6) is 0 Å². The van der Waals surface area contributed by atoms with Gasteiger partial charge in [-0.1, -0.05) is 6.07 Å². The Labute approximate surface area is 93.6 Å². The van der Waals surface area contributed by atoms with Gasteiger partial charge in [-0.15, -0.1) is 0 Å². The summed E-state index contributed by atoms with van der Waals surface area (Å²) in [5.74, 6) is -0.329. The maximum Gasteiger partial charge on any atom is 0.338 e. The molecule has 0 saturated heterocycles. The number of nitrogens with two attached hydrogens (primary N) is 1. The highest BCUT2D eigenvalue weighted by molar-refractivity contribution is 7.93. The van der Waals surface area contributed by atoms with Gasteiger partial charge in [-0.2, -0.15) is 0 Å². The van der Waals surface area contributed by atoms with Gasteiger partial charge >= 0.3 is 5.97 Å². The van der Waals surface area contributed by atoms with Crippen molar-refractivity contribution in [1.82, 2.24) is 0 Å². The van der Waals surface area contributed by atoms with E-state index >= 15 is 0 Å². The summed E-state index contributed by atoms with van der Waals surface area (Å²) in [6, 6.07) is 6.72. The molecule has 0 saturated carbocycles. The SMILES string of the molecule is CCOC(=O)c1cccc(N)c1.CSO. The fourth-order valence-corrected chi connectivity index (χ4v) is 0.880. The molecule has 84 valence electrons. The van der Waals surface area contributed by atoms with Gasteiger partial charge in [0.15, 0.2) is 0 Å². The molecule has 0 heterocycles. The van der Waals surface area contributed by atoms with Crippen molar-refractivity contribution < 1.29 is 14.1 Å². The zero-order valence-corrected chi connectivity index (χ0v) is 9.58. The predicted octanol–water partition coefficient (Wildman–Crippen LogP) is 2.27. The second-order valence-corrected chi connectivity index (χ2v) is 2.89. The third kappa shape index (κ3) is 5.98. The van der Waals surface area contributed by atoms with Gasteiger partial charge < -0.3 is 15.0 Å². The molecule has 1 aromatic rings. The summed E-state index contributed by atoms with van der Waals surface area (Å²) in [6.07, 6.45) is 1.60. The predicted molar refractivity (Wildman–Crippen MR) is 63.0 cm³/mol. The van der Waals surface area contributed by atoms with Crippen LogP contribution in [0.15, 0.2) is 24.3 Å². The van der Waals surface area contributed by atoms with Crippen LogP contribution in [-0.2, 0) is 4.74 Å². The summed E-state index contributed by atoms with van der Waals surface area (Å²) in [5.41, 5.74) is 6.55. The van der Waals surface area contributed by atoms with Crippen molar-refractivity contribution in [2.24, 2.45) is 0 Å². The van der Waals surface area contributed by atoms with E-state index in [2.05, 4.69) is 0 Å². The van der Waals surface area contributed by atoms with E-state index in [4.69, 9.17) is 15.0 Å². The summed E-state index contributed by atoms with van der Waals surface area (Å²) in [6.45, 7) is 2.15. The van der Waals surface area contributed by atoms with Gasteiger partial charge in [0.1, 0.15) is 0 Å². The third-order valence-corrected chi connectivity index (χ3v) is 1.40. The summed E-state index contributed by atoms with van der Waals surface area (Å²) >= 11 is 0.750. The molecule has 3 N–H and O–H groups in total. The van der Waals surface area contributed by atoms with Crippen molar-refractivity contribution in [3.8, 4) is 0 Å². The Hall–Kier alpha value is -1.20. The van der Waals surface area contributed by atoms with Crippen LogP contribution in [0, 0.1) is 0 Å². The number of rotatable bonds is 2. The zero-order valence-electron chi connectivity index (χ0n) is 8.77. The summed E-state index contributed by atoms with van der Waals surface area (Å²) < 4.78 is 12.3. The lowest BCUT2D eigenvalue weighted by Crippen LogP contribution is -2.04. The van der Waals surface area contributed by atoms with E-state index in [1.807, 2.05) is 0 Å². The van der Waals surface area contributed by atoms with E-state index in [1.165, 1.54) is 0 Å². The third-order valence-electron chi connectivity index (χ3n) is 1.40. The second kappa shape index (κ2) is 8.14. The van der Waals surface area contributed by atoms with Crippen molar-refractivity contribution in [3.05, 3.63) is 29.8 Å². The van der Waals surface area contributed by atoms with Crippen LogP contribution in [0.2, 0.25) is 0 Å². The molecule has 0 aliphatic rings. The highest BCUT2D eigenvalue weighted by atomic mass is 32.2. The molecule has 0 fully saturated rings. The highest BCUT2D eigenvalue weighted by Gasteiger charge is 2.04. The smallest absolute Gasteiger partial charge is 0.338 e. The van der Waals surface area contributed by atoms with Crippen LogP contribution in [0.4, 0.5) is 5.69 Å². The molecule has 0 aliphatic carbocycles. The molecule has 0 aromatic heterocycles. The number of hydrogen-bond donors (Lipinski definition) is 2. The molecule has 0 unspecified atom stereocenters. The van der Waals surface area contributed by atoms with Crippen molar-refractivity contribution >= 4 is 23.7 Å². The van der Waals surface area contributed by atoms with Crippen LogP contribution in [-0.4, -0.2) is 23.4 Å². The number of carbonyl (C=O) groups is 1. The Morgan fingerprint density at radius 2 is 2.20 bits per heavy atom. The molecule has 0 bridgehead atoms. The zero-order chi connectivity index (χ0) is 11.7. The number of anilines is 1. The fourth-order valence-electron chi connectivity index (χ4n) is 0.880. The average molecular weight is 229 g/mol. The fraction of sp³-hybridized carbons (Fsp3) is 0.300. The van der Waals surface area contributed by atoms with Gasteiger partial charge in [-0.25, -0.2) is 4.79 Å². The van der Waals surface area contributed by atoms with Crippen LogP contribution in [0.25, 0.3) is 0 Å². The molecule has 0 aliphatic heterocycles. The number of ether oxygens (including phenoxy) is 1. The minimum Gasteiger partial charge on any atom is -0.462 e. The Morgan fingerprint density at radius 3 is 2.67 bits per heavy atom. The Morgan fingerprint density at radius 1 is 1.60 bits per heavy atom. The van der Waals surface area contributed by atoms with Gasteiger partial charge in [0, 0.05) is 11.9 Å². The Balaban J connectivity index is 0.000000583. The Bertz CT molecular complexity index is 304. The first-order chi connectivity index (χ1) is 7.15. The standard InChI is InChI=1S/C9H11NO2.CH4OS/c1-2-12-9(11)7-4-3-5-8(10)6-7;1-3-2/h3-6H,2,10H2,1H3;2H,1H3. The maximum absolute atomic E-state index is 11.1. The number of nitrogen functional groups attached to an aromatic ring is 1. The molecule has 1 rings (SSSR count). The number of carbonyl (C=O) groups excluding carboxylic acids is 1. The average Bonchev–Trinajstić information content (AvgIpc) is 2.19. The minimum absolute atomic E-state index is 0.329. The largest absolute Gasteiger partial charge is 0.462 e. The first-order valence-corrected chi connectivity index (χ1v) is 5.54. The summed E-state index contributed by atoms with van der Waals surface area (Å²) in [5, 5.41) is 0. The molecule has 1 aromatic carbocycles. The van der Waals surface area contributed by atoms with Crippen molar-refractivity contribution in [2.75, 3.05) is 18.6 Å². The van der Waals surface area contributed by atoms with Gasteiger partial charge in [-0.3, -0.25) is 0 Å². The van der Waals surface area contributed by atoms with E-state index in [0.29, 0.717) is 17.9 Å². The van der Waals surface area contributed by atoms with Crippen LogP contribution < -0.4 is 5.73 Å². The first kappa shape index (κ1) is 13.8. The Kier molecular flexibility index (Phi) is 7.49.